The number of amides is 1. The van der Waals surface area contributed by atoms with Crippen LogP contribution in [0.15, 0.2) is 54.0 Å². The molecule has 2 aromatic rings. The van der Waals surface area contributed by atoms with E-state index in [2.05, 4.69) is 11.9 Å². The van der Waals surface area contributed by atoms with Crippen molar-refractivity contribution < 1.29 is 22.7 Å². The third kappa shape index (κ3) is 4.16. The van der Waals surface area contributed by atoms with E-state index in [1.165, 1.54) is 20.3 Å². The fraction of sp³-hybridized carbons (Fsp3) is 0.261. The smallest absolute Gasteiger partial charge is 0.270 e. The lowest BCUT2D eigenvalue weighted by Crippen LogP contribution is -2.41. The van der Waals surface area contributed by atoms with Gasteiger partial charge in [-0.25, -0.2) is 8.42 Å². The Hall–Kier alpha value is -3.26. The summed E-state index contributed by atoms with van der Waals surface area (Å²) in [7, 11) is -1.13. The molecule has 0 spiro atoms. The second-order valence-corrected chi connectivity index (χ2v) is 8.97. The Morgan fingerprint density at radius 1 is 1.13 bits per heavy atom. The van der Waals surface area contributed by atoms with Crippen molar-refractivity contribution in [3.05, 3.63) is 70.6 Å². The lowest BCUT2D eigenvalue weighted by Gasteiger charge is -2.32. The summed E-state index contributed by atoms with van der Waals surface area (Å²) in [6.45, 7) is 7.46. The number of carbonyl (C=O) groups excluding carboxylic acids is 1. The van der Waals surface area contributed by atoms with E-state index >= 15 is 0 Å². The van der Waals surface area contributed by atoms with Crippen LogP contribution in [-0.2, 0) is 21.4 Å². The van der Waals surface area contributed by atoms with Crippen LogP contribution in [0.25, 0.3) is 5.57 Å². The van der Waals surface area contributed by atoms with E-state index in [1.54, 1.807) is 19.1 Å². The molecule has 2 aromatic carbocycles. The number of carbonyl (C=O) groups is 1. The quantitative estimate of drug-likeness (QED) is 0.665. The summed E-state index contributed by atoms with van der Waals surface area (Å²) >= 11 is 0. The molecule has 1 amide bonds. The van der Waals surface area contributed by atoms with Crippen molar-refractivity contribution in [2.24, 2.45) is 0 Å². The Balaban J connectivity index is 2.09. The van der Waals surface area contributed by atoms with Crippen molar-refractivity contribution in [3.8, 4) is 11.5 Å². The molecule has 0 unspecified atom stereocenters. The van der Waals surface area contributed by atoms with Crippen LogP contribution in [0.4, 0.5) is 5.69 Å². The number of hydrogen-bond acceptors (Lipinski definition) is 5. The Morgan fingerprint density at radius 2 is 1.81 bits per heavy atom. The Labute approximate surface area is 183 Å². The molecular weight excluding hydrogens is 416 g/mol. The third-order valence-electron chi connectivity index (χ3n) is 5.10. The lowest BCUT2D eigenvalue weighted by atomic mass is 10.0. The number of methoxy groups -OCH3 is 2. The average Bonchev–Trinajstić information content (AvgIpc) is 2.74. The summed E-state index contributed by atoms with van der Waals surface area (Å²) in [5.41, 5.74) is 3.27. The molecule has 0 bridgehead atoms. The summed E-state index contributed by atoms with van der Waals surface area (Å²) in [5, 5.41) is 2.74. The minimum Gasteiger partial charge on any atom is -0.493 e. The van der Waals surface area contributed by atoms with E-state index in [0.717, 1.165) is 15.4 Å². The van der Waals surface area contributed by atoms with Crippen LogP contribution >= 0.6 is 0 Å². The summed E-state index contributed by atoms with van der Waals surface area (Å²) in [6.07, 6.45) is 1.47. The van der Waals surface area contributed by atoms with Gasteiger partial charge in [-0.15, -0.1) is 6.58 Å². The molecule has 3 rings (SSSR count). The Bertz CT molecular complexity index is 1170. The molecule has 1 N–H and O–H groups in total. The Kier molecular flexibility index (Phi) is 6.40. The van der Waals surface area contributed by atoms with Crippen LogP contribution in [0.5, 0.6) is 11.5 Å². The summed E-state index contributed by atoms with van der Waals surface area (Å²) in [6, 6.07) is 10.9. The van der Waals surface area contributed by atoms with Crippen molar-refractivity contribution in [1.29, 1.82) is 0 Å². The van der Waals surface area contributed by atoms with Gasteiger partial charge in [0.05, 0.1) is 26.5 Å². The van der Waals surface area contributed by atoms with Crippen molar-refractivity contribution >= 4 is 27.2 Å². The zero-order chi connectivity index (χ0) is 22.8. The minimum atomic E-state index is -4.11. The molecule has 1 aliphatic rings. The van der Waals surface area contributed by atoms with Crippen molar-refractivity contribution in [2.75, 3.05) is 25.1 Å². The van der Waals surface area contributed by atoms with Crippen LogP contribution < -0.4 is 19.1 Å². The van der Waals surface area contributed by atoms with Crippen LogP contribution in [-0.4, -0.2) is 35.1 Å². The highest BCUT2D eigenvalue weighted by atomic mass is 32.2. The van der Waals surface area contributed by atoms with E-state index < -0.39 is 15.9 Å². The van der Waals surface area contributed by atoms with Gasteiger partial charge in [0.25, 0.3) is 15.9 Å². The summed E-state index contributed by atoms with van der Waals surface area (Å²) < 4.78 is 38.7. The fourth-order valence-electron chi connectivity index (χ4n) is 3.62. The predicted molar refractivity (Wildman–Crippen MR) is 122 cm³/mol. The number of benzene rings is 2. The van der Waals surface area contributed by atoms with Gasteiger partial charge in [-0.05, 0) is 31.1 Å². The second-order valence-electron chi connectivity index (χ2n) is 7.18. The number of rotatable bonds is 7. The number of aryl methyl sites for hydroxylation is 1. The zero-order valence-electron chi connectivity index (χ0n) is 18.1. The number of nitrogens with zero attached hydrogens (tertiary/aromatic N) is 1. The first-order chi connectivity index (χ1) is 14.7. The molecule has 0 saturated carbocycles. The number of hydrogen-bond donors (Lipinski definition) is 1. The zero-order valence-corrected chi connectivity index (χ0v) is 18.9. The molecular formula is C23H26N2O5S. The molecule has 31 heavy (non-hydrogen) atoms. The number of nitrogens with one attached hydrogen (secondary N) is 1. The van der Waals surface area contributed by atoms with Crippen molar-refractivity contribution in [1.82, 2.24) is 5.32 Å². The number of sulfonamides is 1. The molecule has 7 nitrogen and oxygen atoms in total. The third-order valence-corrected chi connectivity index (χ3v) is 7.03. The van der Waals surface area contributed by atoms with Crippen molar-refractivity contribution in [2.45, 2.75) is 20.4 Å². The summed E-state index contributed by atoms with van der Waals surface area (Å²) in [5.74, 6) is 0.178. The first-order valence-corrected chi connectivity index (χ1v) is 11.1. The molecule has 0 radical (unpaired) electrons. The molecule has 164 valence electrons. The van der Waals surface area contributed by atoms with Gasteiger partial charge >= 0.3 is 0 Å². The van der Waals surface area contributed by atoms with E-state index in [9.17, 15) is 13.2 Å². The van der Waals surface area contributed by atoms with Gasteiger partial charge in [0.1, 0.15) is 0 Å². The molecule has 1 aliphatic heterocycles. The molecule has 0 aromatic heterocycles. The number of anilines is 1. The fourth-order valence-corrected chi connectivity index (χ4v) is 5.35. The molecule has 0 atom stereocenters. The number of ether oxygens (including phenoxy) is 2. The SMILES string of the molecule is C=CCN1c2cc(OC)c(OC)cc2C(C)=C(C(=O)NCc2cccc(C)c2)S1(=O)=O. The van der Waals surface area contributed by atoms with Gasteiger partial charge in [-0.1, -0.05) is 35.9 Å². The van der Waals surface area contributed by atoms with E-state index in [4.69, 9.17) is 9.47 Å². The van der Waals surface area contributed by atoms with Crippen molar-refractivity contribution in [3.63, 3.8) is 0 Å². The highest BCUT2D eigenvalue weighted by Gasteiger charge is 2.39. The minimum absolute atomic E-state index is 0.00670. The van der Waals surface area contributed by atoms with Gasteiger partial charge < -0.3 is 14.8 Å². The Morgan fingerprint density at radius 3 is 2.42 bits per heavy atom. The average molecular weight is 443 g/mol. The number of allylic oxidation sites excluding steroid dienone is 1. The standard InChI is InChI=1S/C23H26N2O5S/c1-6-10-25-19-13-21(30-5)20(29-4)12-18(19)16(3)22(31(25,27)28)23(26)24-14-17-9-7-8-15(2)11-17/h6-9,11-13H,1,10,14H2,2-5H3,(H,24,26). The van der Waals surface area contributed by atoms with Crippen LogP contribution in [0.1, 0.15) is 23.6 Å². The van der Waals surface area contributed by atoms with Crippen LogP contribution in [0, 0.1) is 6.92 Å². The highest BCUT2D eigenvalue weighted by molar-refractivity contribution is 7.97. The van der Waals surface area contributed by atoms with Gasteiger partial charge in [0.15, 0.2) is 16.4 Å². The van der Waals surface area contributed by atoms with E-state index in [-0.39, 0.29) is 18.0 Å². The summed E-state index contributed by atoms with van der Waals surface area (Å²) in [4.78, 5) is 12.8. The normalized spacial score (nSPS) is 14.6. The van der Waals surface area contributed by atoms with Crippen LogP contribution in [0.3, 0.4) is 0 Å². The maximum atomic E-state index is 13.4. The van der Waals surface area contributed by atoms with Gasteiger partial charge in [0, 0.05) is 18.2 Å². The maximum Gasteiger partial charge on any atom is 0.270 e. The largest absolute Gasteiger partial charge is 0.493 e. The topological polar surface area (TPSA) is 84.9 Å². The first kappa shape index (κ1) is 22.4. The van der Waals surface area contributed by atoms with Crippen LogP contribution in [0.2, 0.25) is 0 Å². The van der Waals surface area contributed by atoms with E-state index in [0.29, 0.717) is 28.3 Å². The van der Waals surface area contributed by atoms with Gasteiger partial charge in [0.2, 0.25) is 0 Å². The lowest BCUT2D eigenvalue weighted by molar-refractivity contribution is -0.117. The molecule has 1 heterocycles. The van der Waals surface area contributed by atoms with Gasteiger partial charge in [-0.3, -0.25) is 9.10 Å². The maximum absolute atomic E-state index is 13.4. The molecule has 8 heteroatoms. The molecule has 0 fully saturated rings. The van der Waals surface area contributed by atoms with E-state index in [1.807, 2.05) is 31.2 Å². The predicted octanol–water partition coefficient (Wildman–Crippen LogP) is 3.40. The second kappa shape index (κ2) is 8.85. The first-order valence-electron chi connectivity index (χ1n) is 9.69. The van der Waals surface area contributed by atoms with Gasteiger partial charge in [-0.2, -0.15) is 0 Å². The molecule has 0 aliphatic carbocycles. The molecule has 0 saturated heterocycles. The number of fused-ring (bicyclic) bond motifs is 1. The monoisotopic (exact) mass is 442 g/mol. The highest BCUT2D eigenvalue weighted by Crippen LogP contribution is 2.44.